The van der Waals surface area contributed by atoms with Gasteiger partial charge in [0, 0.05) is 0 Å². The molecule has 2 aromatic carbocycles. The second kappa shape index (κ2) is 15.5. The Bertz CT molecular complexity index is 1330. The molecule has 1 fully saturated rings. The standard InChI is InChI=1S/C33H37NO4S2/c1-3-10-24(2)30(18-17-28-23-39-22-27(28)16-15-25-11-5-4-6-12-25)38-20-8-7-19-37-29-14-9-13-26(21-29)31-32(35)34-33(36)40-31/h4-6,9,11-14,17-18,21-23,31H,3,7-8,10,15-16,19-20H2,1-2H3,(H,34,35,36)/b18-17-,30-24-. The van der Waals surface area contributed by atoms with E-state index in [-0.39, 0.29) is 11.1 Å². The van der Waals surface area contributed by atoms with Gasteiger partial charge >= 0.3 is 0 Å². The Labute approximate surface area is 245 Å². The van der Waals surface area contributed by atoms with E-state index < -0.39 is 5.25 Å². The number of unbranched alkanes of at least 4 members (excludes halogenated alkanes) is 1. The first-order valence-electron chi connectivity index (χ1n) is 13.9. The highest BCUT2D eigenvalue weighted by molar-refractivity contribution is 8.15. The summed E-state index contributed by atoms with van der Waals surface area (Å²) in [7, 11) is 0. The quantitative estimate of drug-likeness (QED) is 0.112. The van der Waals surface area contributed by atoms with Gasteiger partial charge < -0.3 is 9.47 Å². The predicted molar refractivity (Wildman–Crippen MR) is 166 cm³/mol. The molecule has 1 N–H and O–H groups in total. The highest BCUT2D eigenvalue weighted by atomic mass is 32.2. The number of allylic oxidation sites excluding steroid dienone is 2. The SMILES string of the molecule is CCC/C(C)=C(/C=C\c1cscc1CCc1ccccc1)OCCCCOc1cccc(C2SC(=O)NC2=O)c1. The molecule has 2 amide bonds. The molecule has 0 aliphatic carbocycles. The molecule has 7 heteroatoms. The van der Waals surface area contributed by atoms with Crippen LogP contribution < -0.4 is 10.1 Å². The van der Waals surface area contributed by atoms with Gasteiger partial charge in [0.05, 0.1) is 13.2 Å². The summed E-state index contributed by atoms with van der Waals surface area (Å²) in [6.07, 6.45) is 10.2. The first kappa shape index (κ1) is 29.7. The number of carbonyl (C=O) groups excluding carboxylic acids is 2. The molecule has 2 heterocycles. The van der Waals surface area contributed by atoms with Crippen LogP contribution in [0.4, 0.5) is 4.79 Å². The minimum atomic E-state index is -0.511. The number of nitrogens with one attached hydrogen (secondary N) is 1. The lowest BCUT2D eigenvalue weighted by atomic mass is 10.0. The smallest absolute Gasteiger partial charge is 0.286 e. The first-order chi connectivity index (χ1) is 19.5. The summed E-state index contributed by atoms with van der Waals surface area (Å²) in [4.78, 5) is 23.5. The topological polar surface area (TPSA) is 64.6 Å². The monoisotopic (exact) mass is 575 g/mol. The predicted octanol–water partition coefficient (Wildman–Crippen LogP) is 8.52. The van der Waals surface area contributed by atoms with Crippen molar-refractivity contribution in [2.45, 2.75) is 57.6 Å². The molecular weight excluding hydrogens is 539 g/mol. The molecular formula is C33H37NO4S2. The van der Waals surface area contributed by atoms with Crippen LogP contribution in [0.3, 0.4) is 0 Å². The number of thiophene rings is 1. The third-order valence-electron chi connectivity index (χ3n) is 6.68. The summed E-state index contributed by atoms with van der Waals surface area (Å²) in [5.41, 5.74) is 6.04. The van der Waals surface area contributed by atoms with Crippen LogP contribution in [-0.2, 0) is 22.4 Å². The third kappa shape index (κ3) is 8.86. The van der Waals surface area contributed by atoms with Crippen LogP contribution in [-0.4, -0.2) is 24.4 Å². The fourth-order valence-electron chi connectivity index (χ4n) is 4.50. The van der Waals surface area contributed by atoms with E-state index in [1.807, 2.05) is 24.3 Å². The Kier molecular flexibility index (Phi) is 11.5. The Morgan fingerprint density at radius 3 is 2.60 bits per heavy atom. The second-order valence-electron chi connectivity index (χ2n) is 9.82. The van der Waals surface area contributed by atoms with E-state index in [1.165, 1.54) is 22.3 Å². The van der Waals surface area contributed by atoms with Gasteiger partial charge in [-0.1, -0.05) is 61.9 Å². The third-order valence-corrected chi connectivity index (χ3v) is 8.52. The fourth-order valence-corrected chi connectivity index (χ4v) is 6.19. The molecule has 1 atom stereocenters. The highest BCUT2D eigenvalue weighted by Crippen LogP contribution is 2.35. The Balaban J connectivity index is 1.25. The number of thioether (sulfide) groups is 1. The van der Waals surface area contributed by atoms with E-state index in [0.29, 0.717) is 19.0 Å². The fraction of sp³-hybridized carbons (Fsp3) is 0.333. The zero-order chi connectivity index (χ0) is 28.2. The van der Waals surface area contributed by atoms with Crippen LogP contribution in [0.2, 0.25) is 0 Å². The number of carbonyl (C=O) groups is 2. The van der Waals surface area contributed by atoms with Crippen LogP contribution in [0.15, 0.2) is 82.8 Å². The summed E-state index contributed by atoms with van der Waals surface area (Å²) in [6.45, 7) is 5.51. The minimum Gasteiger partial charge on any atom is -0.494 e. The van der Waals surface area contributed by atoms with E-state index in [0.717, 1.165) is 61.6 Å². The van der Waals surface area contributed by atoms with Crippen molar-refractivity contribution < 1.29 is 19.1 Å². The van der Waals surface area contributed by atoms with Crippen LogP contribution in [0, 0.1) is 0 Å². The lowest BCUT2D eigenvalue weighted by Crippen LogP contribution is -2.20. The number of imide groups is 1. The van der Waals surface area contributed by atoms with Crippen LogP contribution in [0.5, 0.6) is 5.75 Å². The van der Waals surface area contributed by atoms with Gasteiger partial charge in [-0.25, -0.2) is 0 Å². The van der Waals surface area contributed by atoms with E-state index >= 15 is 0 Å². The number of rotatable bonds is 15. The molecule has 1 aliphatic heterocycles. The van der Waals surface area contributed by atoms with Gasteiger partial charge in [0.25, 0.3) is 5.24 Å². The van der Waals surface area contributed by atoms with Gasteiger partial charge in [0.1, 0.15) is 16.8 Å². The van der Waals surface area contributed by atoms with Gasteiger partial charge in [-0.3, -0.25) is 14.9 Å². The number of hydrogen-bond acceptors (Lipinski definition) is 6. The minimum absolute atomic E-state index is 0.275. The number of hydrogen-bond donors (Lipinski definition) is 1. The summed E-state index contributed by atoms with van der Waals surface area (Å²) in [5, 5.41) is 5.98. The van der Waals surface area contributed by atoms with Crippen molar-refractivity contribution in [3.63, 3.8) is 0 Å². The number of ether oxygens (including phenoxy) is 2. The van der Waals surface area contributed by atoms with Gasteiger partial charge in [0.15, 0.2) is 0 Å². The van der Waals surface area contributed by atoms with E-state index in [9.17, 15) is 9.59 Å². The van der Waals surface area contributed by atoms with Crippen LogP contribution >= 0.6 is 23.1 Å². The van der Waals surface area contributed by atoms with E-state index in [2.05, 4.69) is 72.4 Å². The van der Waals surface area contributed by atoms with Crippen molar-refractivity contribution in [2.75, 3.05) is 13.2 Å². The average molecular weight is 576 g/mol. The van der Waals surface area contributed by atoms with Gasteiger partial charge in [-0.2, -0.15) is 11.3 Å². The number of amides is 2. The zero-order valence-electron chi connectivity index (χ0n) is 23.2. The largest absolute Gasteiger partial charge is 0.494 e. The summed E-state index contributed by atoms with van der Waals surface area (Å²) >= 11 is 2.75. The molecule has 1 unspecified atom stereocenters. The van der Waals surface area contributed by atoms with Crippen molar-refractivity contribution in [3.8, 4) is 5.75 Å². The normalized spacial score (nSPS) is 15.8. The Hall–Kier alpha value is -3.29. The molecule has 0 radical (unpaired) electrons. The van der Waals surface area contributed by atoms with Crippen LogP contribution in [0.25, 0.3) is 6.08 Å². The van der Waals surface area contributed by atoms with Gasteiger partial charge in [0.2, 0.25) is 5.91 Å². The average Bonchev–Trinajstić information content (AvgIpc) is 3.56. The zero-order valence-corrected chi connectivity index (χ0v) is 24.8. The molecule has 0 saturated carbocycles. The molecule has 1 aliphatic rings. The molecule has 4 rings (SSSR count). The van der Waals surface area contributed by atoms with Crippen molar-refractivity contribution in [3.05, 3.63) is 105 Å². The Morgan fingerprint density at radius 2 is 1.82 bits per heavy atom. The maximum absolute atomic E-state index is 12.0. The highest BCUT2D eigenvalue weighted by Gasteiger charge is 2.33. The molecule has 3 aromatic rings. The molecule has 5 nitrogen and oxygen atoms in total. The van der Waals surface area contributed by atoms with Gasteiger partial charge in [-0.05, 0) is 108 Å². The molecule has 40 heavy (non-hydrogen) atoms. The summed E-state index contributed by atoms with van der Waals surface area (Å²) in [6, 6.07) is 18.0. The summed E-state index contributed by atoms with van der Waals surface area (Å²) in [5.74, 6) is 1.38. The summed E-state index contributed by atoms with van der Waals surface area (Å²) < 4.78 is 12.2. The second-order valence-corrected chi connectivity index (χ2v) is 11.6. The molecule has 0 spiro atoms. The lowest BCUT2D eigenvalue weighted by molar-refractivity contribution is -0.119. The molecule has 1 aromatic heterocycles. The number of aryl methyl sites for hydroxylation is 2. The van der Waals surface area contributed by atoms with Crippen molar-refractivity contribution in [1.82, 2.24) is 5.32 Å². The van der Waals surface area contributed by atoms with Crippen LogP contribution in [0.1, 0.15) is 67.0 Å². The van der Waals surface area contributed by atoms with E-state index in [1.54, 1.807) is 11.3 Å². The molecule has 210 valence electrons. The number of benzene rings is 2. The maximum atomic E-state index is 12.0. The van der Waals surface area contributed by atoms with Crippen molar-refractivity contribution in [2.24, 2.45) is 0 Å². The first-order valence-corrected chi connectivity index (χ1v) is 15.7. The van der Waals surface area contributed by atoms with Crippen molar-refractivity contribution in [1.29, 1.82) is 0 Å². The Morgan fingerprint density at radius 1 is 1.00 bits per heavy atom. The maximum Gasteiger partial charge on any atom is 0.286 e. The van der Waals surface area contributed by atoms with Crippen molar-refractivity contribution >= 4 is 40.3 Å². The molecule has 1 saturated heterocycles. The lowest BCUT2D eigenvalue weighted by Gasteiger charge is -2.12. The van der Waals surface area contributed by atoms with Gasteiger partial charge in [-0.15, -0.1) is 0 Å². The van der Waals surface area contributed by atoms with E-state index in [4.69, 9.17) is 9.47 Å². The molecule has 0 bridgehead atoms.